The van der Waals surface area contributed by atoms with Crippen LogP contribution in [0.4, 0.5) is 0 Å². The van der Waals surface area contributed by atoms with Crippen LogP contribution < -0.4 is 4.74 Å². The highest BCUT2D eigenvalue weighted by molar-refractivity contribution is 7.71. The fraction of sp³-hybridized carbons (Fsp3) is 0.500. The molecular formula is C18H22N4OS. The molecule has 126 valence electrons. The Hall–Kier alpha value is -1.79. The Morgan fingerprint density at radius 2 is 2.17 bits per heavy atom. The van der Waals surface area contributed by atoms with E-state index in [1.54, 1.807) is 0 Å². The van der Waals surface area contributed by atoms with Gasteiger partial charge in [-0.1, -0.05) is 6.07 Å². The standard InChI is InChI=1S/C18H22N4OS/c24-18-20-10-14-12-22(9-7-16(14)21-18)11-13-4-3-8-19-17(13)23-15-5-1-2-6-15/h3-4,8,10,15H,1-2,5-7,9,11-12H2,(H,20,21,24). The van der Waals surface area contributed by atoms with Crippen molar-refractivity contribution >= 4 is 12.2 Å². The van der Waals surface area contributed by atoms with Gasteiger partial charge in [-0.25, -0.2) is 9.97 Å². The van der Waals surface area contributed by atoms with Gasteiger partial charge in [-0.3, -0.25) is 4.90 Å². The number of ether oxygens (including phenoxy) is 1. The molecule has 2 aliphatic rings. The first kappa shape index (κ1) is 15.7. The van der Waals surface area contributed by atoms with E-state index in [4.69, 9.17) is 17.0 Å². The summed E-state index contributed by atoms with van der Waals surface area (Å²) in [5.41, 5.74) is 3.63. The SMILES string of the molecule is S=c1ncc2c([nH]1)CCN(Cc1cccnc1OC1CCCC1)C2. The van der Waals surface area contributed by atoms with Crippen molar-refractivity contribution in [3.63, 3.8) is 0 Å². The maximum absolute atomic E-state index is 6.16. The van der Waals surface area contributed by atoms with E-state index in [-0.39, 0.29) is 0 Å². The number of pyridine rings is 1. The highest BCUT2D eigenvalue weighted by Gasteiger charge is 2.21. The third kappa shape index (κ3) is 3.49. The van der Waals surface area contributed by atoms with Gasteiger partial charge in [-0.05, 0) is 44.0 Å². The van der Waals surface area contributed by atoms with Crippen LogP contribution in [-0.2, 0) is 19.5 Å². The minimum absolute atomic E-state index is 0.338. The van der Waals surface area contributed by atoms with E-state index in [0.717, 1.165) is 44.8 Å². The smallest absolute Gasteiger partial charge is 0.218 e. The number of rotatable bonds is 4. The Kier molecular flexibility index (Phi) is 4.58. The molecule has 0 amide bonds. The van der Waals surface area contributed by atoms with Crippen LogP contribution >= 0.6 is 12.2 Å². The summed E-state index contributed by atoms with van der Waals surface area (Å²) < 4.78 is 6.73. The molecule has 0 atom stereocenters. The van der Waals surface area contributed by atoms with Crippen LogP contribution in [0.5, 0.6) is 5.88 Å². The van der Waals surface area contributed by atoms with E-state index in [2.05, 4.69) is 25.9 Å². The summed E-state index contributed by atoms with van der Waals surface area (Å²) >= 11 is 5.11. The van der Waals surface area contributed by atoms with Crippen molar-refractivity contribution < 1.29 is 4.74 Å². The molecule has 6 heteroatoms. The lowest BCUT2D eigenvalue weighted by Crippen LogP contribution is -2.31. The molecule has 1 saturated carbocycles. The molecule has 4 rings (SSSR count). The Balaban J connectivity index is 1.47. The minimum Gasteiger partial charge on any atom is -0.474 e. The third-order valence-corrected chi connectivity index (χ3v) is 5.09. The monoisotopic (exact) mass is 342 g/mol. The molecule has 1 fully saturated rings. The number of aromatic amines is 1. The highest BCUT2D eigenvalue weighted by Crippen LogP contribution is 2.26. The zero-order valence-electron chi connectivity index (χ0n) is 13.7. The maximum Gasteiger partial charge on any atom is 0.218 e. The second-order valence-corrected chi connectivity index (χ2v) is 7.03. The summed E-state index contributed by atoms with van der Waals surface area (Å²) in [5.74, 6) is 0.806. The van der Waals surface area contributed by atoms with Crippen molar-refractivity contribution in [3.8, 4) is 5.88 Å². The number of nitrogens with one attached hydrogen (secondary N) is 1. The van der Waals surface area contributed by atoms with Crippen molar-refractivity contribution in [2.24, 2.45) is 0 Å². The second kappa shape index (κ2) is 6.99. The summed E-state index contributed by atoms with van der Waals surface area (Å²) in [6, 6.07) is 4.12. The van der Waals surface area contributed by atoms with Crippen molar-refractivity contribution in [1.82, 2.24) is 19.9 Å². The van der Waals surface area contributed by atoms with Gasteiger partial charge in [0.1, 0.15) is 6.10 Å². The summed E-state index contributed by atoms with van der Waals surface area (Å²) in [5, 5.41) is 0. The molecule has 3 heterocycles. The van der Waals surface area contributed by atoms with E-state index in [0.29, 0.717) is 10.9 Å². The number of hydrogen-bond donors (Lipinski definition) is 1. The van der Waals surface area contributed by atoms with Gasteiger partial charge in [0.25, 0.3) is 0 Å². The minimum atomic E-state index is 0.338. The average Bonchev–Trinajstić information content (AvgIpc) is 3.10. The summed E-state index contributed by atoms with van der Waals surface area (Å²) in [7, 11) is 0. The Bertz CT molecular complexity index is 770. The molecule has 0 aromatic carbocycles. The molecule has 1 aliphatic heterocycles. The average molecular weight is 342 g/mol. The molecule has 5 nitrogen and oxygen atoms in total. The molecule has 0 unspecified atom stereocenters. The van der Waals surface area contributed by atoms with Gasteiger partial charge in [-0.2, -0.15) is 0 Å². The largest absolute Gasteiger partial charge is 0.474 e. The van der Waals surface area contributed by atoms with Gasteiger partial charge in [0, 0.05) is 55.3 Å². The quantitative estimate of drug-likeness (QED) is 0.863. The first-order valence-electron chi connectivity index (χ1n) is 8.68. The van der Waals surface area contributed by atoms with E-state index >= 15 is 0 Å². The fourth-order valence-corrected chi connectivity index (χ4v) is 3.77. The Morgan fingerprint density at radius 3 is 3.04 bits per heavy atom. The maximum atomic E-state index is 6.16. The van der Waals surface area contributed by atoms with Crippen LogP contribution in [-0.4, -0.2) is 32.5 Å². The van der Waals surface area contributed by atoms with Gasteiger partial charge in [-0.15, -0.1) is 0 Å². The number of H-pyrrole nitrogens is 1. The topological polar surface area (TPSA) is 54.0 Å². The van der Waals surface area contributed by atoms with Crippen LogP contribution in [0, 0.1) is 4.77 Å². The molecule has 2 aromatic heterocycles. The second-order valence-electron chi connectivity index (χ2n) is 6.64. The number of fused-ring (bicyclic) bond motifs is 1. The first-order chi connectivity index (χ1) is 11.8. The molecular weight excluding hydrogens is 320 g/mol. The molecule has 0 saturated heterocycles. The summed E-state index contributed by atoms with van der Waals surface area (Å²) in [4.78, 5) is 14.3. The predicted octanol–water partition coefficient (Wildman–Crippen LogP) is 3.41. The Labute approximate surface area is 147 Å². The van der Waals surface area contributed by atoms with Crippen LogP contribution in [0.25, 0.3) is 0 Å². The molecule has 0 radical (unpaired) electrons. The van der Waals surface area contributed by atoms with E-state index < -0.39 is 0 Å². The van der Waals surface area contributed by atoms with E-state index in [9.17, 15) is 0 Å². The van der Waals surface area contributed by atoms with Gasteiger partial charge in [0.15, 0.2) is 4.77 Å². The van der Waals surface area contributed by atoms with Crippen molar-refractivity contribution in [3.05, 3.63) is 46.1 Å². The third-order valence-electron chi connectivity index (χ3n) is 4.88. The summed E-state index contributed by atoms with van der Waals surface area (Å²) in [6.07, 6.45) is 9.87. The number of nitrogens with zero attached hydrogens (tertiary/aromatic N) is 3. The zero-order valence-corrected chi connectivity index (χ0v) is 14.5. The normalized spacial score (nSPS) is 18.5. The lowest BCUT2D eigenvalue weighted by atomic mass is 10.1. The highest BCUT2D eigenvalue weighted by atomic mass is 32.1. The molecule has 0 spiro atoms. The van der Waals surface area contributed by atoms with Crippen LogP contribution in [0.15, 0.2) is 24.5 Å². The van der Waals surface area contributed by atoms with E-state index in [1.165, 1.54) is 29.7 Å². The van der Waals surface area contributed by atoms with Crippen LogP contribution in [0.2, 0.25) is 0 Å². The van der Waals surface area contributed by atoms with Gasteiger partial charge in [0.2, 0.25) is 5.88 Å². The number of hydrogen-bond acceptors (Lipinski definition) is 5. The van der Waals surface area contributed by atoms with E-state index in [1.807, 2.05) is 18.5 Å². The van der Waals surface area contributed by atoms with Gasteiger partial charge < -0.3 is 9.72 Å². The molecule has 1 aliphatic carbocycles. The lowest BCUT2D eigenvalue weighted by molar-refractivity contribution is 0.190. The van der Waals surface area contributed by atoms with Crippen LogP contribution in [0.1, 0.15) is 42.5 Å². The van der Waals surface area contributed by atoms with Crippen LogP contribution in [0.3, 0.4) is 0 Å². The van der Waals surface area contributed by atoms with Gasteiger partial charge in [0.05, 0.1) is 0 Å². The molecule has 24 heavy (non-hydrogen) atoms. The zero-order chi connectivity index (χ0) is 16.4. The molecule has 1 N–H and O–H groups in total. The van der Waals surface area contributed by atoms with Gasteiger partial charge >= 0.3 is 0 Å². The number of aromatic nitrogens is 3. The summed E-state index contributed by atoms with van der Waals surface area (Å²) in [6.45, 7) is 2.73. The Morgan fingerprint density at radius 1 is 1.29 bits per heavy atom. The molecule has 0 bridgehead atoms. The fourth-order valence-electron chi connectivity index (χ4n) is 3.60. The first-order valence-corrected chi connectivity index (χ1v) is 9.09. The van der Waals surface area contributed by atoms with Crippen molar-refractivity contribution in [2.45, 2.75) is 51.3 Å². The van der Waals surface area contributed by atoms with Crippen molar-refractivity contribution in [2.75, 3.05) is 6.54 Å². The lowest BCUT2D eigenvalue weighted by Gasteiger charge is -2.28. The van der Waals surface area contributed by atoms with Crippen molar-refractivity contribution in [1.29, 1.82) is 0 Å². The predicted molar refractivity (Wildman–Crippen MR) is 94.4 cm³/mol. The molecule has 2 aromatic rings.